The molecule has 2 aromatic rings. The van der Waals surface area contributed by atoms with Crippen molar-refractivity contribution in [2.45, 2.75) is 12.0 Å². The summed E-state index contributed by atoms with van der Waals surface area (Å²) in [6.07, 6.45) is -0.752. The molecule has 0 unspecified atom stereocenters. The van der Waals surface area contributed by atoms with Crippen LogP contribution in [0.25, 0.3) is 11.1 Å². The van der Waals surface area contributed by atoms with E-state index in [2.05, 4.69) is 30.1 Å². The Balaban J connectivity index is 1.74. The van der Waals surface area contributed by atoms with Gasteiger partial charge in [0.2, 0.25) is 0 Å². The largest absolute Gasteiger partial charge is 0.480 e. The zero-order chi connectivity index (χ0) is 17.1. The van der Waals surface area contributed by atoms with Crippen LogP contribution in [0.5, 0.6) is 0 Å². The third-order valence-corrected chi connectivity index (χ3v) is 4.48. The Morgan fingerprint density at radius 1 is 1.08 bits per heavy atom. The third kappa shape index (κ3) is 3.10. The van der Waals surface area contributed by atoms with Gasteiger partial charge in [-0.3, -0.25) is 0 Å². The van der Waals surface area contributed by atoms with E-state index in [9.17, 15) is 9.59 Å². The molecule has 1 aliphatic carbocycles. The summed E-state index contributed by atoms with van der Waals surface area (Å²) in [5.74, 6) is -1.19. The molecule has 1 aliphatic rings. The summed E-state index contributed by atoms with van der Waals surface area (Å²) in [5, 5.41) is 11.2. The van der Waals surface area contributed by atoms with Gasteiger partial charge in [0.25, 0.3) is 0 Å². The summed E-state index contributed by atoms with van der Waals surface area (Å²) >= 11 is 3.91. The van der Waals surface area contributed by atoms with Crippen molar-refractivity contribution >= 4 is 24.7 Å². The molecule has 0 saturated carbocycles. The monoisotopic (exact) mass is 343 g/mol. The normalized spacial score (nSPS) is 13.7. The molecular formula is C18H17NO4S. The summed E-state index contributed by atoms with van der Waals surface area (Å²) in [6.45, 7) is 0.152. The van der Waals surface area contributed by atoms with E-state index in [1.165, 1.54) is 0 Å². The van der Waals surface area contributed by atoms with Crippen molar-refractivity contribution in [2.24, 2.45) is 0 Å². The first-order chi connectivity index (χ1) is 11.6. The van der Waals surface area contributed by atoms with Crippen LogP contribution in [0.3, 0.4) is 0 Å². The summed E-state index contributed by atoms with van der Waals surface area (Å²) in [5.41, 5.74) is 4.49. The number of carbonyl (C=O) groups excluding carboxylic acids is 1. The standard InChI is InChI=1S/C18H17NO4S/c20-17(21)16(10-24)19-18(22)23-9-15-13-7-3-1-5-11(13)12-6-2-4-8-14(12)15/h1-8,15-16,24H,9-10H2,(H,19,22)(H,20,21)/t16-/m1/s1. The number of carboxylic acid groups (broad SMARTS) is 1. The molecule has 124 valence electrons. The highest BCUT2D eigenvalue weighted by Crippen LogP contribution is 2.44. The first kappa shape index (κ1) is 16.4. The zero-order valence-electron chi connectivity index (χ0n) is 12.8. The van der Waals surface area contributed by atoms with Crippen molar-refractivity contribution in [1.82, 2.24) is 5.32 Å². The fourth-order valence-corrected chi connectivity index (χ4v) is 3.22. The van der Waals surface area contributed by atoms with Crippen LogP contribution in [-0.2, 0) is 9.53 Å². The topological polar surface area (TPSA) is 75.6 Å². The smallest absolute Gasteiger partial charge is 0.407 e. The fourth-order valence-electron chi connectivity index (χ4n) is 2.97. The zero-order valence-corrected chi connectivity index (χ0v) is 13.7. The van der Waals surface area contributed by atoms with Gasteiger partial charge in [-0.2, -0.15) is 12.6 Å². The summed E-state index contributed by atoms with van der Waals surface area (Å²) in [6, 6.07) is 15.0. The highest BCUT2D eigenvalue weighted by Gasteiger charge is 2.29. The number of alkyl carbamates (subject to hydrolysis) is 1. The lowest BCUT2D eigenvalue weighted by Crippen LogP contribution is -2.42. The van der Waals surface area contributed by atoms with Gasteiger partial charge in [-0.1, -0.05) is 48.5 Å². The Bertz CT molecular complexity index is 732. The number of amides is 1. The van der Waals surface area contributed by atoms with Gasteiger partial charge in [0, 0.05) is 11.7 Å². The van der Waals surface area contributed by atoms with E-state index >= 15 is 0 Å². The maximum atomic E-state index is 11.9. The van der Waals surface area contributed by atoms with Crippen molar-refractivity contribution in [1.29, 1.82) is 0 Å². The Morgan fingerprint density at radius 3 is 2.12 bits per heavy atom. The van der Waals surface area contributed by atoms with Crippen molar-refractivity contribution in [3.63, 3.8) is 0 Å². The van der Waals surface area contributed by atoms with E-state index in [0.29, 0.717) is 0 Å². The van der Waals surface area contributed by atoms with E-state index in [0.717, 1.165) is 22.3 Å². The van der Waals surface area contributed by atoms with Crippen molar-refractivity contribution in [3.05, 3.63) is 59.7 Å². The molecule has 1 amide bonds. The Morgan fingerprint density at radius 2 is 1.62 bits per heavy atom. The number of thiol groups is 1. The molecular weight excluding hydrogens is 326 g/mol. The van der Waals surface area contributed by atoms with Crippen molar-refractivity contribution < 1.29 is 19.4 Å². The molecule has 0 heterocycles. The predicted molar refractivity (Wildman–Crippen MR) is 93.5 cm³/mol. The quantitative estimate of drug-likeness (QED) is 0.730. The second kappa shape index (κ2) is 6.97. The maximum absolute atomic E-state index is 11.9. The maximum Gasteiger partial charge on any atom is 0.407 e. The van der Waals surface area contributed by atoms with Gasteiger partial charge in [0.05, 0.1) is 0 Å². The lowest BCUT2D eigenvalue weighted by Gasteiger charge is -2.16. The number of aliphatic carboxylic acids is 1. The molecule has 24 heavy (non-hydrogen) atoms. The minimum Gasteiger partial charge on any atom is -0.480 e. The van der Waals surface area contributed by atoms with Gasteiger partial charge in [0.15, 0.2) is 0 Å². The molecule has 2 aromatic carbocycles. The molecule has 0 fully saturated rings. The number of nitrogens with one attached hydrogen (secondary N) is 1. The van der Waals surface area contributed by atoms with Crippen LogP contribution in [0.1, 0.15) is 17.0 Å². The molecule has 3 rings (SSSR count). The first-order valence-electron chi connectivity index (χ1n) is 7.57. The molecule has 0 bridgehead atoms. The van der Waals surface area contributed by atoms with Crippen LogP contribution in [-0.4, -0.2) is 35.6 Å². The molecule has 0 aromatic heterocycles. The molecule has 0 aliphatic heterocycles. The highest BCUT2D eigenvalue weighted by atomic mass is 32.1. The minimum atomic E-state index is -1.14. The van der Waals surface area contributed by atoms with Crippen LogP contribution in [0.4, 0.5) is 4.79 Å². The first-order valence-corrected chi connectivity index (χ1v) is 8.20. The average molecular weight is 343 g/mol. The van der Waals surface area contributed by atoms with Gasteiger partial charge in [-0.15, -0.1) is 0 Å². The van der Waals surface area contributed by atoms with Crippen LogP contribution in [0.2, 0.25) is 0 Å². The number of hydrogen-bond donors (Lipinski definition) is 3. The van der Waals surface area contributed by atoms with Gasteiger partial charge < -0.3 is 15.2 Å². The number of fused-ring (bicyclic) bond motifs is 3. The Kier molecular flexibility index (Phi) is 4.76. The number of rotatable bonds is 5. The molecule has 1 atom stereocenters. The van der Waals surface area contributed by atoms with E-state index < -0.39 is 18.1 Å². The molecule has 2 N–H and O–H groups in total. The summed E-state index contributed by atoms with van der Waals surface area (Å²) in [4.78, 5) is 22.8. The molecule has 0 saturated heterocycles. The molecule has 0 spiro atoms. The van der Waals surface area contributed by atoms with Crippen LogP contribution in [0, 0.1) is 0 Å². The number of carbonyl (C=O) groups is 2. The number of ether oxygens (including phenoxy) is 1. The van der Waals surface area contributed by atoms with Crippen LogP contribution >= 0.6 is 12.6 Å². The lowest BCUT2D eigenvalue weighted by molar-refractivity contribution is -0.138. The van der Waals surface area contributed by atoms with E-state index in [-0.39, 0.29) is 18.3 Å². The average Bonchev–Trinajstić information content (AvgIpc) is 2.91. The SMILES string of the molecule is O=C(N[C@H](CS)C(=O)O)OCC1c2ccccc2-c2ccccc21. The summed E-state index contributed by atoms with van der Waals surface area (Å²) < 4.78 is 5.27. The third-order valence-electron chi connectivity index (χ3n) is 4.12. The predicted octanol–water partition coefficient (Wildman–Crippen LogP) is 2.91. The lowest BCUT2D eigenvalue weighted by atomic mass is 9.98. The van der Waals surface area contributed by atoms with Crippen LogP contribution < -0.4 is 5.32 Å². The number of benzene rings is 2. The van der Waals surface area contributed by atoms with Gasteiger partial charge in [-0.25, -0.2) is 9.59 Å². The Hall–Kier alpha value is -2.47. The number of carboxylic acids is 1. The fraction of sp³-hybridized carbons (Fsp3) is 0.222. The second-order valence-electron chi connectivity index (χ2n) is 5.54. The molecule has 0 radical (unpaired) electrons. The van der Waals surface area contributed by atoms with E-state index in [1.807, 2.05) is 36.4 Å². The summed E-state index contributed by atoms with van der Waals surface area (Å²) in [7, 11) is 0. The van der Waals surface area contributed by atoms with E-state index in [4.69, 9.17) is 9.84 Å². The number of hydrogen-bond acceptors (Lipinski definition) is 4. The second-order valence-corrected chi connectivity index (χ2v) is 5.91. The van der Waals surface area contributed by atoms with Crippen LogP contribution in [0.15, 0.2) is 48.5 Å². The molecule has 5 nitrogen and oxygen atoms in total. The van der Waals surface area contributed by atoms with Crippen molar-refractivity contribution in [3.8, 4) is 11.1 Å². The van der Waals surface area contributed by atoms with E-state index in [1.54, 1.807) is 0 Å². The van der Waals surface area contributed by atoms with Gasteiger partial charge >= 0.3 is 12.1 Å². The highest BCUT2D eigenvalue weighted by molar-refractivity contribution is 7.80. The Labute approximate surface area is 145 Å². The van der Waals surface area contributed by atoms with Crippen molar-refractivity contribution in [2.75, 3.05) is 12.4 Å². The molecule has 6 heteroatoms. The minimum absolute atomic E-state index is 0.000468. The van der Waals surface area contributed by atoms with Gasteiger partial charge in [0.1, 0.15) is 12.6 Å². The van der Waals surface area contributed by atoms with Gasteiger partial charge in [-0.05, 0) is 22.3 Å².